The van der Waals surface area contributed by atoms with Crippen molar-refractivity contribution in [3.05, 3.63) is 70.6 Å². The minimum absolute atomic E-state index is 0.552. The predicted octanol–water partition coefficient (Wildman–Crippen LogP) is 4.40. The maximum absolute atomic E-state index is 11.1. The quantitative estimate of drug-likeness (QED) is 0.662. The van der Waals surface area contributed by atoms with Gasteiger partial charge in [-0.15, -0.1) is 0 Å². The Morgan fingerprint density at radius 1 is 1.22 bits per heavy atom. The molecule has 3 rings (SSSR count). The number of benzene rings is 2. The molecule has 0 atom stereocenters. The number of carboxylic acid groups (broad SMARTS) is 1. The van der Waals surface area contributed by atoms with E-state index >= 15 is 0 Å². The Balaban J connectivity index is 2.00. The number of hydrogen-bond acceptors (Lipinski definition) is 3. The summed E-state index contributed by atoms with van der Waals surface area (Å²) in [6, 6.07) is 16.2. The molecule has 0 bridgehead atoms. The molecule has 3 nitrogen and oxygen atoms in total. The van der Waals surface area contributed by atoms with Crippen LogP contribution in [0.5, 0.6) is 0 Å². The number of fused-ring (bicyclic) bond motifs is 1. The first kappa shape index (κ1) is 15.8. The van der Waals surface area contributed by atoms with Crippen molar-refractivity contribution in [2.24, 2.45) is 0 Å². The van der Waals surface area contributed by atoms with Crippen LogP contribution in [0.3, 0.4) is 0 Å². The van der Waals surface area contributed by atoms with E-state index in [2.05, 4.69) is 31.2 Å². The number of hydrogen-bond donors (Lipinski definition) is 1. The minimum Gasteiger partial charge on any atom is -0.478 e. The van der Waals surface area contributed by atoms with Gasteiger partial charge in [0, 0.05) is 17.5 Å². The monoisotopic (exact) mass is 341 g/mol. The second-order valence-electron chi connectivity index (χ2n) is 5.29. The molecule has 1 aliphatic heterocycles. The Bertz CT molecular complexity index is 797. The lowest BCUT2D eigenvalue weighted by atomic mass is 10.1. The van der Waals surface area contributed by atoms with E-state index in [1.807, 2.05) is 29.2 Å². The van der Waals surface area contributed by atoms with E-state index < -0.39 is 5.97 Å². The summed E-state index contributed by atoms with van der Waals surface area (Å²) >= 11 is 6.95. The van der Waals surface area contributed by atoms with E-state index in [0.717, 1.165) is 16.1 Å². The topological polar surface area (TPSA) is 40.5 Å². The first-order valence-corrected chi connectivity index (χ1v) is 8.36. The standard InChI is InChI=1S/C18H15NO2S2/c1-12-6-8-13(9-7-12)11-19-14-4-2-3-5-15(14)23-16(18(19)22)10-17(20)21/h2-10H,11H2,1H3,(H,20,21). The number of para-hydroxylation sites is 1. The fourth-order valence-electron chi connectivity index (χ4n) is 2.41. The van der Waals surface area contributed by atoms with Gasteiger partial charge >= 0.3 is 5.97 Å². The lowest BCUT2D eigenvalue weighted by molar-refractivity contribution is -0.131. The smallest absolute Gasteiger partial charge is 0.329 e. The van der Waals surface area contributed by atoms with E-state index in [4.69, 9.17) is 17.3 Å². The van der Waals surface area contributed by atoms with Gasteiger partial charge in [0.05, 0.1) is 10.6 Å². The van der Waals surface area contributed by atoms with Crippen LogP contribution in [-0.2, 0) is 11.3 Å². The molecule has 1 N–H and O–H groups in total. The van der Waals surface area contributed by atoms with Crippen molar-refractivity contribution in [2.75, 3.05) is 4.90 Å². The summed E-state index contributed by atoms with van der Waals surface area (Å²) in [4.78, 5) is 15.2. The number of carbonyl (C=O) groups is 1. The maximum Gasteiger partial charge on any atom is 0.329 e. The van der Waals surface area contributed by atoms with E-state index in [1.165, 1.54) is 23.4 Å². The molecule has 2 aromatic rings. The molecule has 0 aliphatic carbocycles. The van der Waals surface area contributed by atoms with Gasteiger partial charge in [0.1, 0.15) is 4.99 Å². The van der Waals surface area contributed by atoms with Crippen LogP contribution in [0, 0.1) is 6.92 Å². The van der Waals surface area contributed by atoms with Crippen molar-refractivity contribution < 1.29 is 9.90 Å². The Morgan fingerprint density at radius 3 is 2.61 bits per heavy atom. The highest BCUT2D eigenvalue weighted by molar-refractivity contribution is 8.05. The number of aryl methyl sites for hydroxylation is 1. The molecule has 0 saturated heterocycles. The third-order valence-corrected chi connectivity index (χ3v) is 5.21. The van der Waals surface area contributed by atoms with Gasteiger partial charge in [-0.25, -0.2) is 4.79 Å². The normalized spacial score (nSPS) is 15.6. The summed E-state index contributed by atoms with van der Waals surface area (Å²) in [6.07, 6.45) is 1.19. The zero-order chi connectivity index (χ0) is 16.4. The van der Waals surface area contributed by atoms with Gasteiger partial charge in [-0.3, -0.25) is 0 Å². The van der Waals surface area contributed by atoms with E-state index in [-0.39, 0.29) is 0 Å². The summed E-state index contributed by atoms with van der Waals surface area (Å²) in [5, 5.41) is 9.07. The van der Waals surface area contributed by atoms with Crippen LogP contribution in [0.4, 0.5) is 5.69 Å². The zero-order valence-corrected chi connectivity index (χ0v) is 14.2. The number of carboxylic acids is 1. The molecule has 0 saturated carbocycles. The molecule has 0 fully saturated rings. The van der Waals surface area contributed by atoms with Crippen LogP contribution in [0.1, 0.15) is 11.1 Å². The Labute approximate surface area is 144 Å². The Morgan fingerprint density at radius 2 is 1.91 bits per heavy atom. The van der Waals surface area contributed by atoms with Gasteiger partial charge < -0.3 is 10.0 Å². The van der Waals surface area contributed by atoms with E-state index in [9.17, 15) is 4.79 Å². The Kier molecular flexibility index (Phi) is 4.50. The fraction of sp³-hybridized carbons (Fsp3) is 0.111. The number of thiocarbonyl (C=S) groups is 1. The van der Waals surface area contributed by atoms with E-state index in [0.29, 0.717) is 16.4 Å². The molecule has 1 heterocycles. The van der Waals surface area contributed by atoms with Crippen molar-refractivity contribution in [1.82, 2.24) is 0 Å². The molecule has 0 unspecified atom stereocenters. The van der Waals surface area contributed by atoms with Crippen molar-refractivity contribution >= 4 is 40.6 Å². The lowest BCUT2D eigenvalue weighted by Gasteiger charge is -2.32. The van der Waals surface area contributed by atoms with Crippen molar-refractivity contribution in [3.8, 4) is 0 Å². The lowest BCUT2D eigenvalue weighted by Crippen LogP contribution is -2.32. The molecule has 0 aromatic heterocycles. The fourth-order valence-corrected chi connectivity index (χ4v) is 3.78. The average molecular weight is 341 g/mol. The highest BCUT2D eigenvalue weighted by atomic mass is 32.2. The Hall–Kier alpha value is -2.11. The van der Waals surface area contributed by atoms with Gasteiger partial charge in [0.25, 0.3) is 0 Å². The predicted molar refractivity (Wildman–Crippen MR) is 98.0 cm³/mol. The molecule has 5 heteroatoms. The highest BCUT2D eigenvalue weighted by Crippen LogP contribution is 2.42. The van der Waals surface area contributed by atoms with Crippen LogP contribution >= 0.6 is 24.0 Å². The van der Waals surface area contributed by atoms with Crippen LogP contribution < -0.4 is 4.90 Å². The van der Waals surface area contributed by atoms with E-state index in [1.54, 1.807) is 0 Å². The molecule has 23 heavy (non-hydrogen) atoms. The van der Waals surface area contributed by atoms with Gasteiger partial charge in [0.15, 0.2) is 0 Å². The molecule has 0 spiro atoms. The largest absolute Gasteiger partial charge is 0.478 e. The number of rotatable bonds is 3. The first-order valence-electron chi connectivity index (χ1n) is 7.13. The van der Waals surface area contributed by atoms with Gasteiger partial charge in [-0.1, -0.05) is 65.9 Å². The number of anilines is 1. The van der Waals surface area contributed by atoms with Gasteiger partial charge in [-0.2, -0.15) is 0 Å². The second-order valence-corrected chi connectivity index (χ2v) is 6.76. The van der Waals surface area contributed by atoms with Crippen molar-refractivity contribution in [3.63, 3.8) is 0 Å². The number of nitrogens with zero attached hydrogens (tertiary/aromatic N) is 1. The molecular weight excluding hydrogens is 326 g/mol. The van der Waals surface area contributed by atoms with Crippen molar-refractivity contribution in [1.29, 1.82) is 0 Å². The zero-order valence-electron chi connectivity index (χ0n) is 12.5. The summed E-state index contributed by atoms with van der Waals surface area (Å²) in [5.74, 6) is -0.982. The van der Waals surface area contributed by atoms with Gasteiger partial charge in [-0.05, 0) is 24.6 Å². The number of aliphatic carboxylic acids is 1. The SMILES string of the molecule is Cc1ccc(CN2C(=S)C(=CC(=O)O)Sc3ccccc32)cc1. The first-order chi connectivity index (χ1) is 11.0. The van der Waals surface area contributed by atoms with Crippen LogP contribution in [0.15, 0.2) is 64.4 Å². The summed E-state index contributed by atoms with van der Waals surface area (Å²) in [5.41, 5.74) is 3.36. The molecule has 0 radical (unpaired) electrons. The minimum atomic E-state index is -0.982. The molecule has 2 aromatic carbocycles. The summed E-state index contributed by atoms with van der Waals surface area (Å²) in [7, 11) is 0. The van der Waals surface area contributed by atoms with Gasteiger partial charge in [0.2, 0.25) is 0 Å². The van der Waals surface area contributed by atoms with Crippen molar-refractivity contribution in [2.45, 2.75) is 18.4 Å². The third-order valence-electron chi connectivity index (χ3n) is 3.55. The number of thioether (sulfide) groups is 1. The third kappa shape index (κ3) is 3.46. The second kappa shape index (κ2) is 6.56. The van der Waals surface area contributed by atoms with Crippen LogP contribution in [0.25, 0.3) is 0 Å². The van der Waals surface area contributed by atoms with Crippen LogP contribution in [-0.4, -0.2) is 16.1 Å². The molecule has 0 amide bonds. The summed E-state index contributed by atoms with van der Waals surface area (Å²) in [6.45, 7) is 2.67. The average Bonchev–Trinajstić information content (AvgIpc) is 2.53. The maximum atomic E-state index is 11.1. The molecular formula is C18H15NO2S2. The summed E-state index contributed by atoms with van der Waals surface area (Å²) < 4.78 is 0. The van der Waals surface area contributed by atoms with Crippen LogP contribution in [0.2, 0.25) is 0 Å². The molecule has 116 valence electrons. The highest BCUT2D eigenvalue weighted by Gasteiger charge is 2.26. The molecule has 1 aliphatic rings.